The molecule has 2 atom stereocenters. The van der Waals surface area contributed by atoms with Crippen LogP contribution in [0.25, 0.3) is 11.1 Å². The number of morpholine rings is 1. The van der Waals surface area contributed by atoms with Crippen molar-refractivity contribution in [2.24, 2.45) is 5.92 Å². The number of carboxylic acid groups (broad SMARTS) is 1. The third-order valence-electron chi connectivity index (χ3n) is 8.65. The Morgan fingerprint density at radius 1 is 1.15 bits per heavy atom. The van der Waals surface area contributed by atoms with E-state index in [1.165, 1.54) is 17.7 Å². The minimum atomic E-state index is -0.755. The van der Waals surface area contributed by atoms with Gasteiger partial charge in [0.1, 0.15) is 5.82 Å². The average molecular weight is 545 g/mol. The van der Waals surface area contributed by atoms with Gasteiger partial charge in [0.25, 0.3) is 0 Å². The van der Waals surface area contributed by atoms with Crippen LogP contribution in [0.1, 0.15) is 48.4 Å². The Morgan fingerprint density at radius 3 is 2.88 bits per heavy atom. The molecule has 3 N–H and O–H groups in total. The molecule has 5 heterocycles. The van der Waals surface area contributed by atoms with Crippen molar-refractivity contribution in [3.63, 3.8) is 0 Å². The third kappa shape index (κ3) is 6.47. The number of hydrogen-bond donors (Lipinski definition) is 3. The highest BCUT2D eigenvalue weighted by atomic mass is 16.5. The quantitative estimate of drug-likeness (QED) is 0.349. The van der Waals surface area contributed by atoms with Gasteiger partial charge in [0.2, 0.25) is 0 Å². The summed E-state index contributed by atoms with van der Waals surface area (Å²) in [5, 5.41) is 20.4. The van der Waals surface area contributed by atoms with E-state index >= 15 is 0 Å². The predicted molar refractivity (Wildman–Crippen MR) is 156 cm³/mol. The van der Waals surface area contributed by atoms with E-state index in [2.05, 4.69) is 55.6 Å². The van der Waals surface area contributed by atoms with Crippen molar-refractivity contribution in [2.75, 3.05) is 62.7 Å². The molecule has 2 aromatic heterocycles. The molecule has 0 amide bonds. The molecule has 1 aromatic carbocycles. The number of nitrogens with one attached hydrogen (secondary N) is 2. The van der Waals surface area contributed by atoms with Crippen molar-refractivity contribution in [3.05, 3.63) is 59.5 Å². The zero-order valence-electron chi connectivity index (χ0n) is 23.1. The van der Waals surface area contributed by atoms with Crippen LogP contribution in [0.4, 0.5) is 11.5 Å². The Bertz CT molecular complexity index is 1290. The van der Waals surface area contributed by atoms with Gasteiger partial charge in [0.15, 0.2) is 0 Å². The number of carbonyl (C=O) groups is 1. The molecule has 212 valence electrons. The summed E-state index contributed by atoms with van der Waals surface area (Å²) < 4.78 is 5.58. The number of rotatable bonds is 10. The van der Waals surface area contributed by atoms with Gasteiger partial charge in [-0.2, -0.15) is 5.10 Å². The van der Waals surface area contributed by atoms with Crippen LogP contribution in [0.3, 0.4) is 0 Å². The highest BCUT2D eigenvalue weighted by molar-refractivity contribution is 5.71. The molecule has 0 aliphatic carbocycles. The molecule has 0 radical (unpaired) electrons. The van der Waals surface area contributed by atoms with Gasteiger partial charge in [0.05, 0.1) is 25.8 Å². The second-order valence-corrected chi connectivity index (χ2v) is 11.5. The summed E-state index contributed by atoms with van der Waals surface area (Å²) in [6.45, 7) is 6.86. The highest BCUT2D eigenvalue weighted by Crippen LogP contribution is 2.34. The van der Waals surface area contributed by atoms with Gasteiger partial charge < -0.3 is 25.0 Å². The number of H-pyrrole nitrogens is 1. The number of ether oxygens (including phenoxy) is 1. The number of benzene rings is 1. The smallest absolute Gasteiger partial charge is 0.304 e. The first-order valence-corrected chi connectivity index (χ1v) is 14.7. The van der Waals surface area contributed by atoms with Gasteiger partial charge in [-0.15, -0.1) is 0 Å². The Balaban J connectivity index is 1.14. The molecule has 0 spiro atoms. The number of carboxylic acids is 1. The zero-order chi connectivity index (χ0) is 27.3. The minimum Gasteiger partial charge on any atom is -0.481 e. The average Bonchev–Trinajstić information content (AvgIpc) is 3.69. The van der Waals surface area contributed by atoms with Gasteiger partial charge >= 0.3 is 5.97 Å². The number of anilines is 2. The van der Waals surface area contributed by atoms with Gasteiger partial charge in [-0.25, -0.2) is 4.98 Å². The van der Waals surface area contributed by atoms with E-state index in [-0.39, 0.29) is 12.3 Å². The molecule has 9 nitrogen and oxygen atoms in total. The number of aromatic nitrogens is 3. The maximum Gasteiger partial charge on any atom is 0.304 e. The van der Waals surface area contributed by atoms with E-state index in [0.717, 1.165) is 93.1 Å². The van der Waals surface area contributed by atoms with E-state index < -0.39 is 5.97 Å². The number of pyridine rings is 1. The normalized spacial score (nSPS) is 20.2. The van der Waals surface area contributed by atoms with E-state index in [0.29, 0.717) is 19.1 Å². The molecule has 2 unspecified atom stereocenters. The van der Waals surface area contributed by atoms with E-state index in [1.54, 1.807) is 0 Å². The van der Waals surface area contributed by atoms with E-state index in [4.69, 9.17) is 9.72 Å². The highest BCUT2D eigenvalue weighted by Gasteiger charge is 2.27. The molecule has 6 rings (SSSR count). The van der Waals surface area contributed by atoms with Gasteiger partial charge in [0, 0.05) is 61.8 Å². The lowest BCUT2D eigenvalue weighted by Gasteiger charge is -2.31. The molecule has 0 bridgehead atoms. The van der Waals surface area contributed by atoms with Crippen molar-refractivity contribution >= 4 is 17.5 Å². The van der Waals surface area contributed by atoms with Crippen LogP contribution in [-0.4, -0.2) is 83.6 Å². The molecule has 3 aliphatic rings. The topological polar surface area (TPSA) is 107 Å². The number of nitrogens with zero attached hydrogens (tertiary/aromatic N) is 4. The van der Waals surface area contributed by atoms with Crippen LogP contribution < -0.4 is 10.2 Å². The van der Waals surface area contributed by atoms with Crippen LogP contribution in [-0.2, 0) is 22.4 Å². The van der Waals surface area contributed by atoms with E-state index in [9.17, 15) is 9.90 Å². The Kier molecular flexibility index (Phi) is 8.29. The van der Waals surface area contributed by atoms with Crippen molar-refractivity contribution in [3.8, 4) is 11.1 Å². The monoisotopic (exact) mass is 544 g/mol. The van der Waals surface area contributed by atoms with Crippen molar-refractivity contribution in [2.45, 2.75) is 44.4 Å². The van der Waals surface area contributed by atoms with Crippen molar-refractivity contribution < 1.29 is 14.6 Å². The van der Waals surface area contributed by atoms with Crippen LogP contribution in [0.15, 0.2) is 42.7 Å². The lowest BCUT2D eigenvalue weighted by Crippen LogP contribution is -2.36. The number of aromatic amines is 1. The second kappa shape index (κ2) is 12.4. The third-order valence-corrected chi connectivity index (χ3v) is 8.65. The summed E-state index contributed by atoms with van der Waals surface area (Å²) in [5.74, 6) is 0.839. The zero-order valence-corrected chi connectivity index (χ0v) is 23.1. The van der Waals surface area contributed by atoms with Crippen molar-refractivity contribution in [1.29, 1.82) is 0 Å². The first-order chi connectivity index (χ1) is 19.6. The number of aryl methyl sites for hydroxylation is 2. The van der Waals surface area contributed by atoms with E-state index in [1.807, 2.05) is 12.4 Å². The molecule has 2 saturated heterocycles. The number of hydrogen-bond acceptors (Lipinski definition) is 7. The SMILES string of the molecule is O=C(O)CC(CN1CCC(CCc2ccc3c(n2)NCCC3)C1)c1cc(-c2cn[nH]c2)cc(N2CCOCC2)c1. The lowest BCUT2D eigenvalue weighted by molar-refractivity contribution is -0.137. The van der Waals surface area contributed by atoms with Gasteiger partial charge in [-0.3, -0.25) is 9.89 Å². The summed E-state index contributed by atoms with van der Waals surface area (Å²) in [6.07, 6.45) is 9.38. The fourth-order valence-corrected chi connectivity index (χ4v) is 6.43. The number of aliphatic carboxylic acids is 1. The van der Waals surface area contributed by atoms with Crippen LogP contribution >= 0.6 is 0 Å². The fourth-order valence-electron chi connectivity index (χ4n) is 6.43. The Hall–Kier alpha value is -3.43. The molecule has 0 saturated carbocycles. The molecular formula is C31H40N6O3. The fraction of sp³-hybridized carbons (Fsp3) is 0.516. The minimum absolute atomic E-state index is 0.0868. The number of likely N-dealkylation sites (tertiary alicyclic amines) is 1. The summed E-state index contributed by atoms with van der Waals surface area (Å²) in [5.41, 5.74) is 6.78. The molecule has 2 fully saturated rings. The summed E-state index contributed by atoms with van der Waals surface area (Å²) in [4.78, 5) is 21.7. The van der Waals surface area contributed by atoms with Gasteiger partial charge in [-0.1, -0.05) is 12.1 Å². The molecule has 3 aliphatic heterocycles. The standard InChI is InChI=1S/C31H40N6O3/c38-30(39)17-26(24-14-25(27-18-33-34-19-27)16-29(15-24)37-10-12-40-13-11-37)21-36-9-7-22(20-36)3-5-28-6-4-23-2-1-8-32-31(23)35-28/h4,6,14-16,18-19,22,26H,1-3,5,7-13,17,20-21H2,(H,32,35)(H,33,34)(H,38,39). The van der Waals surface area contributed by atoms with Crippen LogP contribution in [0, 0.1) is 5.92 Å². The van der Waals surface area contributed by atoms with Crippen molar-refractivity contribution in [1.82, 2.24) is 20.1 Å². The lowest BCUT2D eigenvalue weighted by atomic mass is 9.91. The molecule has 9 heteroatoms. The van der Waals surface area contributed by atoms with Crippen LogP contribution in [0.5, 0.6) is 0 Å². The summed E-state index contributed by atoms with van der Waals surface area (Å²) in [7, 11) is 0. The predicted octanol–water partition coefficient (Wildman–Crippen LogP) is 4.18. The second-order valence-electron chi connectivity index (χ2n) is 11.5. The molecule has 3 aromatic rings. The summed E-state index contributed by atoms with van der Waals surface area (Å²) in [6, 6.07) is 11.0. The maximum atomic E-state index is 12.0. The largest absolute Gasteiger partial charge is 0.481 e. The Morgan fingerprint density at radius 2 is 2.05 bits per heavy atom. The number of fused-ring (bicyclic) bond motifs is 1. The molecule has 40 heavy (non-hydrogen) atoms. The maximum absolute atomic E-state index is 12.0. The Labute approximate surface area is 235 Å². The van der Waals surface area contributed by atoms with Crippen LogP contribution in [0.2, 0.25) is 0 Å². The summed E-state index contributed by atoms with van der Waals surface area (Å²) >= 11 is 0. The first kappa shape index (κ1) is 26.8. The molecular weight excluding hydrogens is 504 g/mol. The first-order valence-electron chi connectivity index (χ1n) is 14.7. The van der Waals surface area contributed by atoms with Gasteiger partial charge in [-0.05, 0) is 79.5 Å².